The number of ether oxygens (including phenoxy) is 1. The number of hydrogen-bond donors (Lipinski definition) is 1. The molecule has 1 saturated carbocycles. The van der Waals surface area contributed by atoms with Crippen molar-refractivity contribution < 1.29 is 19.4 Å². The summed E-state index contributed by atoms with van der Waals surface area (Å²) in [5.74, 6) is -0.490. The maximum absolute atomic E-state index is 13.3. The molecule has 5 nitrogen and oxygen atoms in total. The van der Waals surface area contributed by atoms with Crippen LogP contribution in [0.4, 0.5) is 0 Å². The van der Waals surface area contributed by atoms with Gasteiger partial charge in [-0.05, 0) is 68.0 Å². The third kappa shape index (κ3) is 4.41. The van der Waals surface area contributed by atoms with Gasteiger partial charge in [-0.3, -0.25) is 9.59 Å². The first kappa shape index (κ1) is 23.1. The summed E-state index contributed by atoms with van der Waals surface area (Å²) in [4.78, 5) is 28.3. The zero-order chi connectivity index (χ0) is 23.5. The van der Waals surface area contributed by atoms with Gasteiger partial charge in [0, 0.05) is 11.6 Å². The van der Waals surface area contributed by atoms with Crippen molar-refractivity contribution in [3.05, 3.63) is 70.3 Å². The lowest BCUT2D eigenvalue weighted by Crippen LogP contribution is -2.40. The van der Waals surface area contributed by atoms with E-state index in [1.807, 2.05) is 44.2 Å². The first-order valence-electron chi connectivity index (χ1n) is 12.1. The lowest BCUT2D eigenvalue weighted by atomic mass is 9.90. The Morgan fingerprint density at radius 3 is 2.33 bits per heavy atom. The molecule has 33 heavy (non-hydrogen) atoms. The molecule has 0 radical (unpaired) electrons. The Balaban J connectivity index is 1.83. The van der Waals surface area contributed by atoms with E-state index in [4.69, 9.17) is 4.74 Å². The Bertz CT molecular complexity index is 1060. The second-order valence-corrected chi connectivity index (χ2v) is 9.01. The third-order valence-corrected chi connectivity index (χ3v) is 6.90. The molecule has 2 aromatic rings. The molecule has 1 heterocycles. The molecule has 2 aromatic carbocycles. The van der Waals surface area contributed by atoms with Crippen molar-refractivity contribution in [1.82, 2.24) is 4.90 Å². The number of nitrogens with zero attached hydrogens (tertiary/aromatic N) is 1. The van der Waals surface area contributed by atoms with E-state index in [9.17, 15) is 14.7 Å². The number of carbonyl (C=O) groups is 2. The van der Waals surface area contributed by atoms with Gasteiger partial charge in [0.2, 0.25) is 0 Å². The topological polar surface area (TPSA) is 66.8 Å². The molecular formula is C28H33NO4. The summed E-state index contributed by atoms with van der Waals surface area (Å²) >= 11 is 0. The van der Waals surface area contributed by atoms with Crippen LogP contribution in [0, 0.1) is 6.92 Å². The number of Topliss-reactive ketones (excluding diaryl/α,β-unsaturated/α-hetero) is 1. The van der Waals surface area contributed by atoms with E-state index in [2.05, 4.69) is 6.92 Å². The maximum Gasteiger partial charge on any atom is 0.295 e. The van der Waals surface area contributed by atoms with Gasteiger partial charge in [0.15, 0.2) is 0 Å². The quantitative estimate of drug-likeness (QED) is 0.350. The largest absolute Gasteiger partial charge is 0.507 e. The van der Waals surface area contributed by atoms with Gasteiger partial charge in [-0.15, -0.1) is 0 Å². The minimum absolute atomic E-state index is 0.0124. The van der Waals surface area contributed by atoms with E-state index in [0.29, 0.717) is 12.2 Å². The van der Waals surface area contributed by atoms with Gasteiger partial charge < -0.3 is 14.7 Å². The zero-order valence-electron chi connectivity index (χ0n) is 19.8. The first-order chi connectivity index (χ1) is 16.0. The lowest BCUT2D eigenvalue weighted by molar-refractivity contribution is -0.141. The number of aliphatic hydroxyl groups is 1. The highest BCUT2D eigenvalue weighted by Gasteiger charge is 2.48. The van der Waals surface area contributed by atoms with E-state index in [-0.39, 0.29) is 17.4 Å². The summed E-state index contributed by atoms with van der Waals surface area (Å²) in [5, 5.41) is 11.3. The molecule has 0 spiro atoms. The minimum atomic E-state index is -0.603. The molecule has 2 aliphatic rings. The fourth-order valence-electron chi connectivity index (χ4n) is 5.12. The van der Waals surface area contributed by atoms with Crippen LogP contribution in [-0.4, -0.2) is 34.3 Å². The van der Waals surface area contributed by atoms with Crippen molar-refractivity contribution in [3.8, 4) is 5.75 Å². The Kier molecular flexibility index (Phi) is 6.87. The summed E-state index contributed by atoms with van der Waals surface area (Å²) in [5.41, 5.74) is 3.62. The van der Waals surface area contributed by atoms with Gasteiger partial charge in [0.05, 0.1) is 18.2 Å². The van der Waals surface area contributed by atoms with Gasteiger partial charge in [-0.25, -0.2) is 0 Å². The number of likely N-dealkylation sites (tertiary alicyclic amines) is 1. The van der Waals surface area contributed by atoms with E-state index >= 15 is 0 Å². The molecule has 1 unspecified atom stereocenters. The van der Waals surface area contributed by atoms with Gasteiger partial charge in [0.25, 0.3) is 11.7 Å². The van der Waals surface area contributed by atoms with Crippen LogP contribution in [0.3, 0.4) is 0 Å². The van der Waals surface area contributed by atoms with Crippen LogP contribution >= 0.6 is 0 Å². The van der Waals surface area contributed by atoms with Crippen molar-refractivity contribution in [1.29, 1.82) is 0 Å². The molecule has 1 N–H and O–H groups in total. The number of aliphatic hydroxyl groups excluding tert-OH is 1. The number of rotatable bonds is 6. The molecule has 0 bridgehead atoms. The monoisotopic (exact) mass is 447 g/mol. The lowest BCUT2D eigenvalue weighted by Gasteiger charge is -2.35. The molecule has 174 valence electrons. The highest BCUT2D eigenvalue weighted by Crippen LogP contribution is 2.43. The number of benzene rings is 2. The van der Waals surface area contributed by atoms with E-state index < -0.39 is 17.7 Å². The second-order valence-electron chi connectivity index (χ2n) is 9.01. The molecule has 1 atom stereocenters. The Morgan fingerprint density at radius 2 is 1.73 bits per heavy atom. The van der Waals surface area contributed by atoms with Crippen molar-refractivity contribution in [2.75, 3.05) is 6.61 Å². The number of amides is 1. The van der Waals surface area contributed by atoms with E-state index in [1.54, 1.807) is 17.0 Å². The average Bonchev–Trinajstić information content (AvgIpc) is 3.11. The van der Waals surface area contributed by atoms with Crippen LogP contribution in [0.25, 0.3) is 5.76 Å². The Labute approximate surface area is 196 Å². The normalized spacial score (nSPS) is 20.9. The summed E-state index contributed by atoms with van der Waals surface area (Å²) in [6.07, 6.45) is 5.94. The second kappa shape index (κ2) is 9.82. The standard InChI is InChI=1S/C28H33NO4/c1-4-19-11-13-20(14-12-19)25-24(26(30)21-15-16-23(33-5-2)18(3)17-21)27(31)28(32)29(25)22-9-7-6-8-10-22/h11-17,22,25,30H,4-10H2,1-3H3/b26-24-. The predicted molar refractivity (Wildman–Crippen MR) is 129 cm³/mol. The molecule has 1 saturated heterocycles. The maximum atomic E-state index is 13.3. The van der Waals surface area contributed by atoms with Gasteiger partial charge in [-0.1, -0.05) is 50.5 Å². The Morgan fingerprint density at radius 1 is 1.03 bits per heavy atom. The molecule has 0 aromatic heterocycles. The highest BCUT2D eigenvalue weighted by atomic mass is 16.5. The van der Waals surface area contributed by atoms with Crippen LogP contribution in [0.5, 0.6) is 5.75 Å². The summed E-state index contributed by atoms with van der Waals surface area (Å²) in [6.45, 7) is 6.47. The fourth-order valence-corrected chi connectivity index (χ4v) is 5.12. The third-order valence-electron chi connectivity index (χ3n) is 6.90. The van der Waals surface area contributed by atoms with Crippen LogP contribution in [0.1, 0.15) is 74.2 Å². The van der Waals surface area contributed by atoms with Crippen LogP contribution in [0.2, 0.25) is 0 Å². The molecule has 1 aliphatic carbocycles. The van der Waals surface area contributed by atoms with Gasteiger partial charge in [-0.2, -0.15) is 0 Å². The molecule has 1 amide bonds. The summed E-state index contributed by atoms with van der Waals surface area (Å²) < 4.78 is 5.62. The first-order valence-corrected chi connectivity index (χ1v) is 12.1. The predicted octanol–water partition coefficient (Wildman–Crippen LogP) is 5.71. The van der Waals surface area contributed by atoms with Crippen LogP contribution in [0.15, 0.2) is 48.0 Å². The summed E-state index contributed by atoms with van der Waals surface area (Å²) in [7, 11) is 0. The van der Waals surface area contributed by atoms with Crippen molar-refractivity contribution in [3.63, 3.8) is 0 Å². The van der Waals surface area contributed by atoms with E-state index in [0.717, 1.165) is 55.4 Å². The van der Waals surface area contributed by atoms with Gasteiger partial charge in [0.1, 0.15) is 11.5 Å². The van der Waals surface area contributed by atoms with Crippen LogP contribution in [-0.2, 0) is 16.0 Å². The number of carbonyl (C=O) groups excluding carboxylic acids is 2. The minimum Gasteiger partial charge on any atom is -0.507 e. The number of ketones is 1. The smallest absolute Gasteiger partial charge is 0.295 e. The van der Waals surface area contributed by atoms with Gasteiger partial charge >= 0.3 is 0 Å². The fraction of sp³-hybridized carbons (Fsp3) is 0.429. The number of aryl methyl sites for hydroxylation is 2. The Hall–Kier alpha value is -3.08. The van der Waals surface area contributed by atoms with E-state index in [1.165, 1.54) is 5.56 Å². The molecule has 5 heteroatoms. The van der Waals surface area contributed by atoms with Crippen molar-refractivity contribution >= 4 is 17.4 Å². The zero-order valence-corrected chi connectivity index (χ0v) is 19.8. The molecule has 2 fully saturated rings. The molecule has 4 rings (SSSR count). The SMILES string of the molecule is CCOc1ccc(/C(O)=C2/C(=O)C(=O)N(C3CCCCC3)C2c2ccc(CC)cc2)cc1C. The molecular weight excluding hydrogens is 414 g/mol. The van der Waals surface area contributed by atoms with Crippen molar-refractivity contribution in [2.24, 2.45) is 0 Å². The summed E-state index contributed by atoms with van der Waals surface area (Å²) in [6, 6.07) is 12.9. The van der Waals surface area contributed by atoms with Crippen molar-refractivity contribution in [2.45, 2.75) is 71.4 Å². The average molecular weight is 448 g/mol. The highest BCUT2D eigenvalue weighted by molar-refractivity contribution is 6.46. The molecule has 1 aliphatic heterocycles. The number of hydrogen-bond acceptors (Lipinski definition) is 4. The van der Waals surface area contributed by atoms with Crippen LogP contribution < -0.4 is 4.74 Å².